The van der Waals surface area contributed by atoms with E-state index in [-0.39, 0.29) is 6.09 Å². The molecule has 1 aliphatic heterocycles. The number of amides is 1. The number of rotatable bonds is 3. The minimum absolute atomic E-state index is 0.234. The molecule has 0 unspecified atom stereocenters. The molecular weight excluding hydrogens is 304 g/mol. The van der Waals surface area contributed by atoms with Gasteiger partial charge in [-0.3, -0.25) is 4.98 Å². The summed E-state index contributed by atoms with van der Waals surface area (Å²) in [7, 11) is 0. The predicted octanol–water partition coefficient (Wildman–Crippen LogP) is 3.87. The maximum Gasteiger partial charge on any atom is 0.410 e. The Bertz CT molecular complexity index is 724. The first kappa shape index (κ1) is 16.6. The number of carbonyl (C=O) groups excluding carboxylic acids is 1. The summed E-state index contributed by atoms with van der Waals surface area (Å²) >= 11 is 0. The number of aromatic nitrogens is 1. The van der Waals surface area contributed by atoms with Crippen molar-refractivity contribution in [2.24, 2.45) is 5.92 Å². The number of fused-ring (bicyclic) bond motifs is 1. The second-order valence-corrected chi connectivity index (χ2v) is 7.25. The molecule has 0 spiro atoms. The van der Waals surface area contributed by atoms with Crippen molar-refractivity contribution in [1.29, 1.82) is 0 Å². The Balaban J connectivity index is 1.53. The van der Waals surface area contributed by atoms with Crippen LogP contribution >= 0.6 is 0 Å². The smallest absolute Gasteiger partial charge is 0.410 e. The van der Waals surface area contributed by atoms with E-state index in [1.54, 1.807) is 11.1 Å². The second kappa shape index (κ2) is 6.67. The summed E-state index contributed by atoms with van der Waals surface area (Å²) in [5.74, 6) is 1.17. The van der Waals surface area contributed by atoms with Crippen LogP contribution in [-0.2, 0) is 4.74 Å². The third-order valence-electron chi connectivity index (χ3n) is 4.00. The summed E-state index contributed by atoms with van der Waals surface area (Å²) in [5.41, 5.74) is 0.506. The first-order chi connectivity index (χ1) is 11.4. The number of hydrogen-bond donors (Lipinski definition) is 0. The van der Waals surface area contributed by atoms with Gasteiger partial charge in [0.2, 0.25) is 0 Å². The van der Waals surface area contributed by atoms with Crippen LogP contribution < -0.4 is 4.74 Å². The average molecular weight is 328 g/mol. The molecule has 128 valence electrons. The topological polar surface area (TPSA) is 51.7 Å². The van der Waals surface area contributed by atoms with Crippen molar-refractivity contribution < 1.29 is 14.3 Å². The highest BCUT2D eigenvalue weighted by Crippen LogP contribution is 2.23. The quantitative estimate of drug-likeness (QED) is 0.858. The molecule has 3 rings (SSSR count). The minimum Gasteiger partial charge on any atom is -0.493 e. The van der Waals surface area contributed by atoms with E-state index in [4.69, 9.17) is 9.47 Å². The standard InChI is InChI=1S/C19H24N2O3/c1-19(2,3)24-18(22)21-10-8-14(12-21)13-23-16-6-7-17-15(11-16)5-4-9-20-17/h4-7,9,11,14H,8,10,12-13H2,1-3H3/t14-/m0/s1. The summed E-state index contributed by atoms with van der Waals surface area (Å²) in [6.45, 7) is 7.67. The lowest BCUT2D eigenvalue weighted by atomic mass is 10.1. The summed E-state index contributed by atoms with van der Waals surface area (Å²) in [6, 6.07) is 9.85. The van der Waals surface area contributed by atoms with E-state index >= 15 is 0 Å². The fourth-order valence-corrected chi connectivity index (χ4v) is 2.82. The molecule has 1 amide bonds. The van der Waals surface area contributed by atoms with Crippen LogP contribution in [0.4, 0.5) is 4.79 Å². The van der Waals surface area contributed by atoms with Crippen LogP contribution in [0.1, 0.15) is 27.2 Å². The lowest BCUT2D eigenvalue weighted by Crippen LogP contribution is -2.35. The van der Waals surface area contributed by atoms with E-state index in [9.17, 15) is 4.79 Å². The van der Waals surface area contributed by atoms with Gasteiger partial charge in [0, 0.05) is 30.6 Å². The van der Waals surface area contributed by atoms with Crippen LogP contribution in [-0.4, -0.2) is 41.3 Å². The van der Waals surface area contributed by atoms with Gasteiger partial charge < -0.3 is 14.4 Å². The molecule has 0 bridgehead atoms. The summed E-state index contributed by atoms with van der Waals surface area (Å²) in [5, 5.41) is 1.07. The van der Waals surface area contributed by atoms with Crippen LogP contribution in [0.2, 0.25) is 0 Å². The third kappa shape index (κ3) is 4.16. The molecule has 0 saturated carbocycles. The predicted molar refractivity (Wildman–Crippen MR) is 93.2 cm³/mol. The van der Waals surface area contributed by atoms with Crippen molar-refractivity contribution in [2.75, 3.05) is 19.7 Å². The highest BCUT2D eigenvalue weighted by Gasteiger charge is 2.30. The normalized spacial score (nSPS) is 18.0. The van der Waals surface area contributed by atoms with E-state index in [1.807, 2.05) is 51.1 Å². The highest BCUT2D eigenvalue weighted by molar-refractivity contribution is 5.79. The van der Waals surface area contributed by atoms with E-state index in [0.29, 0.717) is 19.1 Å². The second-order valence-electron chi connectivity index (χ2n) is 7.25. The van der Waals surface area contributed by atoms with E-state index < -0.39 is 5.60 Å². The van der Waals surface area contributed by atoms with Gasteiger partial charge in [-0.2, -0.15) is 0 Å². The lowest BCUT2D eigenvalue weighted by Gasteiger charge is -2.24. The summed E-state index contributed by atoms with van der Waals surface area (Å²) in [6.07, 6.45) is 2.49. The molecule has 1 atom stereocenters. The van der Waals surface area contributed by atoms with E-state index in [0.717, 1.165) is 29.6 Å². The molecule has 5 nitrogen and oxygen atoms in total. The van der Waals surface area contributed by atoms with Gasteiger partial charge in [0.25, 0.3) is 0 Å². The zero-order valence-corrected chi connectivity index (χ0v) is 14.5. The zero-order chi connectivity index (χ0) is 17.2. The van der Waals surface area contributed by atoms with Crippen LogP contribution in [0.5, 0.6) is 5.75 Å². The number of likely N-dealkylation sites (tertiary alicyclic amines) is 1. The Morgan fingerprint density at radius 1 is 1.33 bits per heavy atom. The van der Waals surface area contributed by atoms with Gasteiger partial charge in [-0.05, 0) is 51.5 Å². The monoisotopic (exact) mass is 328 g/mol. The number of hydrogen-bond acceptors (Lipinski definition) is 4. The largest absolute Gasteiger partial charge is 0.493 e. The number of carbonyl (C=O) groups is 1. The van der Waals surface area contributed by atoms with Gasteiger partial charge in [0.1, 0.15) is 11.4 Å². The molecule has 0 aliphatic carbocycles. The molecule has 1 aliphatic rings. The van der Waals surface area contributed by atoms with Crippen LogP contribution in [0.3, 0.4) is 0 Å². The van der Waals surface area contributed by atoms with Gasteiger partial charge in [-0.25, -0.2) is 4.79 Å². The highest BCUT2D eigenvalue weighted by atomic mass is 16.6. The molecule has 24 heavy (non-hydrogen) atoms. The van der Waals surface area contributed by atoms with Gasteiger partial charge >= 0.3 is 6.09 Å². The van der Waals surface area contributed by atoms with Crippen LogP contribution in [0.25, 0.3) is 10.9 Å². The van der Waals surface area contributed by atoms with Gasteiger partial charge in [0.15, 0.2) is 0 Å². The van der Waals surface area contributed by atoms with Crippen molar-refractivity contribution in [2.45, 2.75) is 32.8 Å². The first-order valence-corrected chi connectivity index (χ1v) is 8.36. The molecule has 1 fully saturated rings. The molecule has 1 aromatic carbocycles. The molecule has 2 aromatic rings. The SMILES string of the molecule is CC(C)(C)OC(=O)N1CC[C@H](COc2ccc3ncccc3c2)C1. The lowest BCUT2D eigenvalue weighted by molar-refractivity contribution is 0.0285. The summed E-state index contributed by atoms with van der Waals surface area (Å²) < 4.78 is 11.3. The van der Waals surface area contributed by atoms with Crippen LogP contribution in [0.15, 0.2) is 36.5 Å². The number of pyridine rings is 1. The van der Waals surface area contributed by atoms with Gasteiger partial charge in [0.05, 0.1) is 12.1 Å². The van der Waals surface area contributed by atoms with Gasteiger partial charge in [-0.1, -0.05) is 6.07 Å². The summed E-state index contributed by atoms with van der Waals surface area (Å²) in [4.78, 5) is 18.2. The van der Waals surface area contributed by atoms with Crippen molar-refractivity contribution in [3.05, 3.63) is 36.5 Å². The van der Waals surface area contributed by atoms with Crippen molar-refractivity contribution >= 4 is 17.0 Å². The molecule has 5 heteroatoms. The van der Waals surface area contributed by atoms with Crippen LogP contribution in [0, 0.1) is 5.92 Å². The molecule has 1 saturated heterocycles. The van der Waals surface area contributed by atoms with E-state index in [1.165, 1.54) is 0 Å². The number of benzene rings is 1. The molecule has 0 radical (unpaired) electrons. The molecule has 1 aromatic heterocycles. The fourth-order valence-electron chi connectivity index (χ4n) is 2.82. The van der Waals surface area contributed by atoms with E-state index in [2.05, 4.69) is 4.98 Å². The van der Waals surface area contributed by atoms with Gasteiger partial charge in [-0.15, -0.1) is 0 Å². The maximum atomic E-state index is 12.1. The first-order valence-electron chi connectivity index (χ1n) is 8.36. The number of ether oxygens (including phenoxy) is 2. The van der Waals surface area contributed by atoms with Crippen molar-refractivity contribution in [3.8, 4) is 5.75 Å². The third-order valence-corrected chi connectivity index (χ3v) is 4.00. The Hall–Kier alpha value is -2.30. The average Bonchev–Trinajstić information content (AvgIpc) is 3.00. The fraction of sp³-hybridized carbons (Fsp3) is 0.474. The zero-order valence-electron chi connectivity index (χ0n) is 14.5. The maximum absolute atomic E-state index is 12.1. The molecular formula is C19H24N2O3. The minimum atomic E-state index is -0.454. The van der Waals surface area contributed by atoms with Crippen molar-refractivity contribution in [3.63, 3.8) is 0 Å². The molecule has 2 heterocycles. The number of nitrogens with zero attached hydrogens (tertiary/aromatic N) is 2. The Kier molecular flexibility index (Phi) is 4.60. The Morgan fingerprint density at radius 3 is 2.96 bits per heavy atom. The Labute approximate surface area is 142 Å². The van der Waals surface area contributed by atoms with Crippen molar-refractivity contribution in [1.82, 2.24) is 9.88 Å². The molecule has 0 N–H and O–H groups in total. The Morgan fingerprint density at radius 2 is 2.17 bits per heavy atom.